The van der Waals surface area contributed by atoms with Gasteiger partial charge in [-0.3, -0.25) is 39.1 Å². The van der Waals surface area contributed by atoms with Crippen molar-refractivity contribution >= 4 is 78.7 Å². The van der Waals surface area contributed by atoms with E-state index < -0.39 is 83.0 Å². The first-order chi connectivity index (χ1) is 42.8. The van der Waals surface area contributed by atoms with Crippen LogP contribution in [0.25, 0.3) is 0 Å². The maximum Gasteiger partial charge on any atom is 0.501 e. The van der Waals surface area contributed by atoms with Gasteiger partial charge in [-0.15, -0.1) is 11.8 Å². The Kier molecular flexibility index (Phi) is 22.0. The van der Waals surface area contributed by atoms with Gasteiger partial charge in [0, 0.05) is 124 Å². The highest BCUT2D eigenvalue weighted by molar-refractivity contribution is 7.99. The third-order valence-corrected chi connectivity index (χ3v) is 21.6. The number of rotatable bonds is 28. The maximum absolute atomic E-state index is 14.5. The zero-order chi connectivity index (χ0) is 64.5. The zero-order valence-corrected chi connectivity index (χ0v) is 53.2. The largest absolute Gasteiger partial charge is 0.501 e. The molecule has 3 heterocycles. The number of imide groups is 2. The molecule has 18 nitrogen and oxygen atoms in total. The molecule has 3 atom stereocenters. The van der Waals surface area contributed by atoms with Gasteiger partial charge in [0.05, 0.1) is 21.7 Å². The van der Waals surface area contributed by atoms with Crippen LogP contribution in [0.5, 0.6) is 0 Å². The van der Waals surface area contributed by atoms with Gasteiger partial charge < -0.3 is 25.3 Å². The lowest BCUT2D eigenvalue weighted by Gasteiger charge is -2.41. The molecule has 2 saturated heterocycles. The number of hydrogen-bond donors (Lipinski definition) is 4. The normalized spacial score (nSPS) is 19.3. The van der Waals surface area contributed by atoms with Crippen molar-refractivity contribution in [2.75, 3.05) is 99.8 Å². The van der Waals surface area contributed by atoms with Gasteiger partial charge in [0.1, 0.15) is 4.90 Å². The fourth-order valence-electron chi connectivity index (χ4n) is 12.2. The Morgan fingerprint density at radius 3 is 2.13 bits per heavy atom. The van der Waals surface area contributed by atoms with E-state index in [9.17, 15) is 62.8 Å². The summed E-state index contributed by atoms with van der Waals surface area (Å²) in [4.78, 5) is 71.1. The van der Waals surface area contributed by atoms with Crippen LogP contribution in [0.4, 0.5) is 39.0 Å². The number of benzene rings is 4. The van der Waals surface area contributed by atoms with E-state index >= 15 is 0 Å². The lowest BCUT2D eigenvalue weighted by atomic mass is 9.67. The molecule has 0 radical (unpaired) electrons. The lowest BCUT2D eigenvalue weighted by Crippen LogP contribution is -2.47. The van der Waals surface area contributed by atoms with Gasteiger partial charge in [0.15, 0.2) is 0 Å². The summed E-state index contributed by atoms with van der Waals surface area (Å²) < 4.78 is 126. The molecule has 486 valence electrons. The van der Waals surface area contributed by atoms with Crippen LogP contribution in [0.15, 0.2) is 128 Å². The van der Waals surface area contributed by atoms with Gasteiger partial charge in [-0.25, -0.2) is 30.3 Å². The van der Waals surface area contributed by atoms with Crippen molar-refractivity contribution in [3.8, 4) is 0 Å². The van der Waals surface area contributed by atoms with Crippen molar-refractivity contribution in [2.24, 2.45) is 11.3 Å². The standard InChI is InChI=1S/C64H78F5N9O9S3/c1-43(11-20-58(80)71-42-79)78-61(82)53-18-14-48(37-54(53)62(78)83)70-24-7-8-25-74-27-29-75(30-28-74)26-22-49(41-88-51-9-5-4-6-10-51)72-56-19-17-52(38-57(56)89(84,85)64(67,68)69)90(86,87)73-60(81)44-12-15-50(16-13-44)77-33-31-76(32-34-77)40-45-21-23-63(2,3)39-55(45)46-35-47(36-46)59(65)66/h4-6,9-10,12-19,35,37-38,42-43,46,49,59,70,72H,7-8,11,20-34,36,39-41H2,1-3H3,(H,73,81)(H,71,79,80). The summed E-state index contributed by atoms with van der Waals surface area (Å²) in [6.07, 6.45) is 5.08. The number of amides is 5. The number of hydrogen-bond acceptors (Lipinski definition) is 16. The summed E-state index contributed by atoms with van der Waals surface area (Å²) >= 11 is 1.42. The highest BCUT2D eigenvalue weighted by Gasteiger charge is 2.49. The minimum absolute atomic E-state index is 0.0236. The molecule has 0 spiro atoms. The number of anilines is 3. The predicted molar refractivity (Wildman–Crippen MR) is 336 cm³/mol. The van der Waals surface area contributed by atoms with Crippen LogP contribution in [-0.4, -0.2) is 175 Å². The fourth-order valence-corrected chi connectivity index (χ4v) is 15.2. The molecule has 4 aromatic carbocycles. The van der Waals surface area contributed by atoms with E-state index in [0.29, 0.717) is 69.6 Å². The van der Waals surface area contributed by atoms with Crippen LogP contribution in [0, 0.1) is 11.3 Å². The van der Waals surface area contributed by atoms with E-state index in [-0.39, 0.29) is 52.8 Å². The zero-order valence-electron chi connectivity index (χ0n) is 50.7. The van der Waals surface area contributed by atoms with Crippen LogP contribution in [0.2, 0.25) is 0 Å². The van der Waals surface area contributed by atoms with Crippen LogP contribution in [-0.2, 0) is 29.4 Å². The third-order valence-electron chi connectivity index (χ3n) is 17.6. The van der Waals surface area contributed by atoms with Gasteiger partial charge in [-0.1, -0.05) is 49.3 Å². The number of carbonyl (C=O) groups excluding carboxylic acids is 5. The number of sulfonamides is 1. The molecule has 5 amide bonds. The highest BCUT2D eigenvalue weighted by Crippen LogP contribution is 2.47. The summed E-state index contributed by atoms with van der Waals surface area (Å²) in [5, 5.41) is 8.42. The van der Waals surface area contributed by atoms with Crippen LogP contribution < -0.4 is 25.6 Å². The second-order valence-electron chi connectivity index (χ2n) is 24.6. The smallest absolute Gasteiger partial charge is 0.385 e. The molecule has 9 rings (SSSR count). The number of unbranched alkanes of at least 4 members (excludes halogenated alkanes) is 1. The van der Waals surface area contributed by atoms with Gasteiger partial charge in [0.25, 0.3) is 44.0 Å². The van der Waals surface area contributed by atoms with E-state index in [0.717, 1.165) is 99.0 Å². The molecule has 5 aliphatic rings. The van der Waals surface area contributed by atoms with Gasteiger partial charge in [-0.05, 0) is 149 Å². The average Bonchev–Trinajstić information content (AvgIpc) is 1.20. The molecule has 2 aliphatic carbocycles. The maximum atomic E-state index is 14.5. The number of halogens is 5. The number of thioether (sulfide) groups is 1. The number of alkyl halides is 5. The van der Waals surface area contributed by atoms with E-state index in [1.54, 1.807) is 43.3 Å². The molecule has 90 heavy (non-hydrogen) atoms. The quantitative estimate of drug-likeness (QED) is 0.0104. The van der Waals surface area contributed by atoms with E-state index in [4.69, 9.17) is 0 Å². The first-order valence-corrected chi connectivity index (χ1v) is 34.4. The second-order valence-corrected chi connectivity index (χ2v) is 29.2. The highest BCUT2D eigenvalue weighted by atomic mass is 32.2. The molecule has 3 unspecified atom stereocenters. The van der Waals surface area contributed by atoms with Crippen molar-refractivity contribution in [3.63, 3.8) is 0 Å². The number of piperazine rings is 2. The molecular weight excluding hydrogens is 1230 g/mol. The van der Waals surface area contributed by atoms with Crippen molar-refractivity contribution in [3.05, 3.63) is 130 Å². The van der Waals surface area contributed by atoms with Crippen molar-refractivity contribution in [2.45, 2.75) is 117 Å². The number of fused-ring (bicyclic) bond motifs is 1. The molecule has 0 saturated carbocycles. The Labute approximate surface area is 527 Å². The summed E-state index contributed by atoms with van der Waals surface area (Å²) in [5.74, 6) is -2.08. The SMILES string of the molecule is CC(CCC(=O)NC=O)N1C(=O)c2ccc(NCCCCN3CCN(CCC(CSc4ccccc4)Nc4ccc(S(=O)(=O)NC(=O)c5ccc(N6CCN(CC7=C(C8C=C(C(F)F)C8)CC(C)(C)CC7)CC6)cc5)cc4S(=O)(=O)C(F)(F)F)CC3)cc2C1=O. The minimum atomic E-state index is -6.15. The summed E-state index contributed by atoms with van der Waals surface area (Å²) in [6, 6.07) is 21.8. The molecule has 0 aromatic heterocycles. The van der Waals surface area contributed by atoms with E-state index in [1.807, 2.05) is 35.1 Å². The monoisotopic (exact) mass is 1310 g/mol. The Morgan fingerprint density at radius 2 is 1.47 bits per heavy atom. The number of allylic oxidation sites excluding steroid dienone is 3. The first-order valence-electron chi connectivity index (χ1n) is 30.5. The number of nitrogens with zero attached hydrogens (tertiary/aromatic N) is 5. The molecule has 2 fully saturated rings. The summed E-state index contributed by atoms with van der Waals surface area (Å²) in [6.45, 7) is 14.5. The first kappa shape index (κ1) is 67.7. The van der Waals surface area contributed by atoms with Gasteiger partial charge in [0.2, 0.25) is 12.3 Å². The van der Waals surface area contributed by atoms with Gasteiger partial charge in [-0.2, -0.15) is 13.2 Å². The van der Waals surface area contributed by atoms with Crippen LogP contribution >= 0.6 is 11.8 Å². The predicted octanol–water partition coefficient (Wildman–Crippen LogP) is 9.45. The summed E-state index contributed by atoms with van der Waals surface area (Å²) in [7, 11) is -11.1. The summed E-state index contributed by atoms with van der Waals surface area (Å²) in [5.41, 5.74) is -1.32. The number of sulfone groups is 1. The topological polar surface area (TPSA) is 218 Å². The molecule has 3 aliphatic heterocycles. The van der Waals surface area contributed by atoms with E-state index in [2.05, 4.69) is 49.4 Å². The Hall–Kier alpha value is -6.71. The van der Waals surface area contributed by atoms with Crippen molar-refractivity contribution < 1.29 is 62.8 Å². The molecule has 0 bridgehead atoms. The van der Waals surface area contributed by atoms with Crippen LogP contribution in [0.3, 0.4) is 0 Å². The van der Waals surface area contributed by atoms with Crippen molar-refractivity contribution in [1.29, 1.82) is 0 Å². The third kappa shape index (κ3) is 16.9. The Bertz CT molecular complexity index is 3560. The molecular formula is C64H78F5N9O9S3. The minimum Gasteiger partial charge on any atom is -0.385 e. The van der Waals surface area contributed by atoms with Gasteiger partial charge >= 0.3 is 5.51 Å². The number of carbonyl (C=O) groups is 5. The average molecular weight is 1310 g/mol. The van der Waals surface area contributed by atoms with E-state index in [1.165, 1.54) is 35.0 Å². The second kappa shape index (κ2) is 29.3. The molecule has 26 heteroatoms. The Balaban J connectivity index is 0.768. The van der Waals surface area contributed by atoms with Crippen LogP contribution in [0.1, 0.15) is 110 Å². The van der Waals surface area contributed by atoms with Crippen molar-refractivity contribution in [1.82, 2.24) is 29.6 Å². The molecule has 4 N–H and O–H groups in total. The number of nitrogens with one attached hydrogen (secondary N) is 4. The Morgan fingerprint density at radius 1 is 0.800 bits per heavy atom. The fraction of sp³-hybridized carbons (Fsp3) is 0.484. The lowest BCUT2D eigenvalue weighted by molar-refractivity contribution is -0.125. The molecule has 4 aromatic rings.